The quantitative estimate of drug-likeness (QED) is 0.268. The van der Waals surface area contributed by atoms with Gasteiger partial charge < -0.3 is 16.0 Å². The van der Waals surface area contributed by atoms with E-state index >= 15 is 0 Å². The van der Waals surface area contributed by atoms with Crippen molar-refractivity contribution < 1.29 is 4.79 Å². The molecule has 0 radical (unpaired) electrons. The molecule has 0 saturated carbocycles. The van der Waals surface area contributed by atoms with Crippen LogP contribution in [0.15, 0.2) is 72.9 Å². The first kappa shape index (κ1) is 23.8. The second kappa shape index (κ2) is 10.3. The van der Waals surface area contributed by atoms with E-state index in [-0.39, 0.29) is 18.3 Å². The zero-order chi connectivity index (χ0) is 22.8. The van der Waals surface area contributed by atoms with Crippen LogP contribution in [0.2, 0.25) is 10.0 Å². The third-order valence-corrected chi connectivity index (χ3v) is 5.86. The molecule has 6 bridgehead atoms. The van der Waals surface area contributed by atoms with Crippen molar-refractivity contribution in [3.05, 3.63) is 99.7 Å². The van der Waals surface area contributed by atoms with Crippen molar-refractivity contribution >= 4 is 70.3 Å². The number of amides is 1. The van der Waals surface area contributed by atoms with Gasteiger partial charge in [0.05, 0.1) is 6.20 Å². The second-order valence-corrected chi connectivity index (χ2v) is 8.52. The number of benzene rings is 3. The first-order valence-electron chi connectivity index (χ1n) is 10.4. The predicted octanol–water partition coefficient (Wildman–Crippen LogP) is 7.04. The van der Waals surface area contributed by atoms with Crippen molar-refractivity contribution in [3.8, 4) is 0 Å². The Balaban J connectivity index is 0.00000274. The van der Waals surface area contributed by atoms with E-state index in [2.05, 4.69) is 38.1 Å². The lowest BCUT2D eigenvalue weighted by Gasteiger charge is -2.15. The van der Waals surface area contributed by atoms with E-state index < -0.39 is 0 Å². The van der Waals surface area contributed by atoms with Crippen LogP contribution in [0.4, 0.5) is 28.8 Å². The topological polar surface area (TPSA) is 78.9 Å². The maximum Gasteiger partial charge on any atom is 0.255 e. The number of fused-ring (bicyclic) bond motifs is 6. The van der Waals surface area contributed by atoms with Gasteiger partial charge in [0, 0.05) is 27.6 Å². The third-order valence-electron chi connectivity index (χ3n) is 5.33. The molecule has 172 valence electrons. The van der Waals surface area contributed by atoms with Crippen LogP contribution in [0.1, 0.15) is 21.5 Å². The summed E-state index contributed by atoms with van der Waals surface area (Å²) in [7, 11) is 0. The van der Waals surface area contributed by atoms with E-state index in [9.17, 15) is 4.79 Å². The average Bonchev–Trinajstić information content (AvgIpc) is 2.82. The lowest BCUT2D eigenvalue weighted by atomic mass is 10.0. The number of hydrogen-bond donors (Lipinski definition) is 3. The fraction of sp³-hybridized carbons (Fsp3) is 0.0800. The molecular formula is C25H20Cl3N5O. The van der Waals surface area contributed by atoms with Gasteiger partial charge in [0.2, 0.25) is 5.95 Å². The fourth-order valence-corrected chi connectivity index (χ4v) is 3.92. The third kappa shape index (κ3) is 5.42. The maximum atomic E-state index is 12.8. The molecule has 0 atom stereocenters. The predicted molar refractivity (Wildman–Crippen MR) is 141 cm³/mol. The number of carbonyl (C=O) groups is 1. The lowest BCUT2D eigenvalue weighted by Crippen LogP contribution is -2.13. The number of rotatable bonds is 2. The summed E-state index contributed by atoms with van der Waals surface area (Å²) in [5, 5.41) is 10.5. The minimum Gasteiger partial charge on any atom is -0.339 e. The van der Waals surface area contributed by atoms with Gasteiger partial charge in [0.1, 0.15) is 5.02 Å². The summed E-state index contributed by atoms with van der Waals surface area (Å²) in [5.41, 5.74) is 5.14. The molecule has 1 amide bonds. The van der Waals surface area contributed by atoms with Crippen molar-refractivity contribution in [1.82, 2.24) is 9.97 Å². The molecule has 34 heavy (non-hydrogen) atoms. The molecule has 5 rings (SSSR count). The number of anilines is 5. The Kier molecular flexibility index (Phi) is 7.22. The molecule has 4 aromatic rings. The van der Waals surface area contributed by atoms with Gasteiger partial charge in [-0.25, -0.2) is 4.98 Å². The molecule has 1 aliphatic heterocycles. The van der Waals surface area contributed by atoms with Crippen LogP contribution in [-0.2, 0) is 12.8 Å². The van der Waals surface area contributed by atoms with E-state index in [1.807, 2.05) is 30.3 Å². The van der Waals surface area contributed by atoms with Gasteiger partial charge in [0.15, 0.2) is 5.82 Å². The standard InChI is InChI=1S/C25H19Cl2N5O.ClH/c26-18-8-6-16(7-9-18)24(33)31-22-11-10-20-13-17(22)5-4-15-2-1-3-19(12-15)30-25-28-14-21(27)23(29-20)32-25;/h1-3,6-14H,4-5H2,(H,31,33)(H2,28,29,30,32);1H. The summed E-state index contributed by atoms with van der Waals surface area (Å²) in [6.45, 7) is 0. The Hall–Kier alpha value is -3.32. The Labute approximate surface area is 213 Å². The average molecular weight is 513 g/mol. The Morgan fingerprint density at radius 2 is 1.71 bits per heavy atom. The van der Waals surface area contributed by atoms with Crippen LogP contribution in [0.25, 0.3) is 0 Å². The molecular weight excluding hydrogens is 493 g/mol. The van der Waals surface area contributed by atoms with Gasteiger partial charge >= 0.3 is 0 Å². The number of hydrogen-bond acceptors (Lipinski definition) is 5. The monoisotopic (exact) mass is 511 g/mol. The largest absolute Gasteiger partial charge is 0.339 e. The van der Waals surface area contributed by atoms with Crippen LogP contribution < -0.4 is 16.0 Å². The van der Waals surface area contributed by atoms with E-state index in [0.29, 0.717) is 27.4 Å². The highest BCUT2D eigenvalue weighted by atomic mass is 35.5. The first-order valence-corrected chi connectivity index (χ1v) is 11.1. The number of nitrogens with one attached hydrogen (secondary N) is 3. The highest BCUT2D eigenvalue weighted by Crippen LogP contribution is 2.29. The van der Waals surface area contributed by atoms with Crippen LogP contribution in [-0.4, -0.2) is 15.9 Å². The van der Waals surface area contributed by atoms with Gasteiger partial charge in [-0.15, -0.1) is 12.4 Å². The summed E-state index contributed by atoms with van der Waals surface area (Å²) in [5.74, 6) is 0.750. The van der Waals surface area contributed by atoms with Crippen LogP contribution in [0.3, 0.4) is 0 Å². The minimum absolute atomic E-state index is 0. The summed E-state index contributed by atoms with van der Waals surface area (Å²) in [6, 6.07) is 20.7. The molecule has 1 aliphatic rings. The molecule has 0 aliphatic carbocycles. The van der Waals surface area contributed by atoms with Gasteiger partial charge in [0.25, 0.3) is 5.91 Å². The fourth-order valence-electron chi connectivity index (χ4n) is 3.66. The summed E-state index contributed by atoms with van der Waals surface area (Å²) >= 11 is 12.3. The summed E-state index contributed by atoms with van der Waals surface area (Å²) < 4.78 is 0. The molecule has 2 heterocycles. The second-order valence-electron chi connectivity index (χ2n) is 7.67. The smallest absolute Gasteiger partial charge is 0.255 e. The molecule has 0 unspecified atom stereocenters. The van der Waals surface area contributed by atoms with Crippen molar-refractivity contribution in [2.24, 2.45) is 0 Å². The van der Waals surface area contributed by atoms with Gasteiger partial charge in [-0.2, -0.15) is 4.98 Å². The highest BCUT2D eigenvalue weighted by Gasteiger charge is 2.13. The molecule has 0 saturated heterocycles. The SMILES string of the molecule is Cl.O=C(Nc1ccc2cc1CCc1cccc(c1)Nc1ncc(Cl)c(n1)N2)c1ccc(Cl)cc1. The number of aryl methyl sites for hydroxylation is 2. The van der Waals surface area contributed by atoms with Gasteiger partial charge in [-0.3, -0.25) is 4.79 Å². The zero-order valence-electron chi connectivity index (χ0n) is 17.8. The number of carbonyl (C=O) groups excluding carboxylic acids is 1. The van der Waals surface area contributed by atoms with Crippen molar-refractivity contribution in [1.29, 1.82) is 0 Å². The molecule has 0 fully saturated rings. The van der Waals surface area contributed by atoms with E-state index in [4.69, 9.17) is 23.2 Å². The van der Waals surface area contributed by atoms with Crippen molar-refractivity contribution in [2.45, 2.75) is 12.8 Å². The first-order chi connectivity index (χ1) is 16.0. The molecule has 3 N–H and O–H groups in total. The van der Waals surface area contributed by atoms with E-state index in [0.717, 1.165) is 41.0 Å². The zero-order valence-corrected chi connectivity index (χ0v) is 20.1. The summed E-state index contributed by atoms with van der Waals surface area (Å²) in [4.78, 5) is 21.6. The Bertz CT molecular complexity index is 1340. The highest BCUT2D eigenvalue weighted by molar-refractivity contribution is 6.33. The maximum absolute atomic E-state index is 12.8. The van der Waals surface area contributed by atoms with Crippen LogP contribution in [0, 0.1) is 0 Å². The van der Waals surface area contributed by atoms with Crippen molar-refractivity contribution in [3.63, 3.8) is 0 Å². The molecule has 6 nitrogen and oxygen atoms in total. The number of nitrogens with zero attached hydrogens (tertiary/aromatic N) is 2. The summed E-state index contributed by atoms with van der Waals surface area (Å²) in [6.07, 6.45) is 3.08. The van der Waals surface area contributed by atoms with Gasteiger partial charge in [-0.1, -0.05) is 35.3 Å². The van der Waals surface area contributed by atoms with Crippen LogP contribution >= 0.6 is 35.6 Å². The number of aromatic nitrogens is 2. The normalized spacial score (nSPS) is 11.9. The van der Waals surface area contributed by atoms with E-state index in [1.165, 1.54) is 0 Å². The molecule has 9 heteroatoms. The van der Waals surface area contributed by atoms with Gasteiger partial charge in [-0.05, 0) is 78.6 Å². The Morgan fingerprint density at radius 3 is 2.53 bits per heavy atom. The lowest BCUT2D eigenvalue weighted by molar-refractivity contribution is 0.102. The number of halogens is 3. The Morgan fingerprint density at radius 1 is 0.912 bits per heavy atom. The van der Waals surface area contributed by atoms with Crippen molar-refractivity contribution in [2.75, 3.05) is 16.0 Å². The van der Waals surface area contributed by atoms with Crippen LogP contribution in [0.5, 0.6) is 0 Å². The van der Waals surface area contributed by atoms with E-state index in [1.54, 1.807) is 30.5 Å². The minimum atomic E-state index is -0.193. The molecule has 0 spiro atoms. The molecule has 1 aromatic heterocycles. The molecule has 3 aromatic carbocycles.